The summed E-state index contributed by atoms with van der Waals surface area (Å²) in [6.45, 7) is 6.48. The fourth-order valence-corrected chi connectivity index (χ4v) is 2.90. The maximum absolute atomic E-state index is 12.3. The number of aryl methyl sites for hydroxylation is 1. The van der Waals surface area contributed by atoms with E-state index in [2.05, 4.69) is 43.9 Å². The molecule has 18 heavy (non-hydrogen) atoms. The number of benzene rings is 1. The van der Waals surface area contributed by atoms with E-state index < -0.39 is 0 Å². The second kappa shape index (κ2) is 5.55. The molecule has 2 heteroatoms. The highest BCUT2D eigenvalue weighted by molar-refractivity contribution is 6.02. The van der Waals surface area contributed by atoms with Crippen LogP contribution >= 0.6 is 0 Å². The van der Waals surface area contributed by atoms with Crippen LogP contribution in [-0.4, -0.2) is 11.9 Å². The quantitative estimate of drug-likeness (QED) is 0.771. The van der Waals surface area contributed by atoms with Crippen molar-refractivity contribution in [2.45, 2.75) is 58.9 Å². The molecular formula is C16H23NO. The number of amides is 1. The molecule has 0 aliphatic carbocycles. The van der Waals surface area contributed by atoms with E-state index in [0.29, 0.717) is 12.5 Å². The number of fused-ring (bicyclic) bond motifs is 1. The third-order valence-electron chi connectivity index (χ3n) is 3.72. The molecule has 0 N–H and O–H groups in total. The van der Waals surface area contributed by atoms with Crippen LogP contribution in [0.3, 0.4) is 0 Å². The average Bonchev–Trinajstić information content (AvgIpc) is 2.64. The lowest BCUT2D eigenvalue weighted by Crippen LogP contribution is -2.37. The second-order valence-corrected chi connectivity index (χ2v) is 5.30. The van der Waals surface area contributed by atoms with Gasteiger partial charge in [0.1, 0.15) is 0 Å². The van der Waals surface area contributed by atoms with Gasteiger partial charge in [-0.15, -0.1) is 0 Å². The van der Waals surface area contributed by atoms with E-state index in [1.165, 1.54) is 11.1 Å². The van der Waals surface area contributed by atoms with Crippen molar-refractivity contribution >= 4 is 11.6 Å². The zero-order valence-corrected chi connectivity index (χ0v) is 11.7. The van der Waals surface area contributed by atoms with Crippen LogP contribution in [0.5, 0.6) is 0 Å². The van der Waals surface area contributed by atoms with Crippen molar-refractivity contribution in [1.82, 2.24) is 0 Å². The SMILES string of the molecule is CCCC(CCC)N1C(=O)Cc2ccc(C)cc21. The van der Waals surface area contributed by atoms with Crippen LogP contribution in [-0.2, 0) is 11.2 Å². The smallest absolute Gasteiger partial charge is 0.231 e. The number of hydrogen-bond acceptors (Lipinski definition) is 1. The number of hydrogen-bond donors (Lipinski definition) is 0. The summed E-state index contributed by atoms with van der Waals surface area (Å²) in [4.78, 5) is 14.3. The van der Waals surface area contributed by atoms with Gasteiger partial charge in [0.15, 0.2) is 0 Å². The summed E-state index contributed by atoms with van der Waals surface area (Å²) in [5.74, 6) is 0.280. The van der Waals surface area contributed by atoms with E-state index in [4.69, 9.17) is 0 Å². The summed E-state index contributed by atoms with van der Waals surface area (Å²) < 4.78 is 0. The average molecular weight is 245 g/mol. The summed E-state index contributed by atoms with van der Waals surface area (Å²) in [5, 5.41) is 0. The zero-order chi connectivity index (χ0) is 13.1. The minimum Gasteiger partial charge on any atom is -0.309 e. The molecule has 0 saturated heterocycles. The van der Waals surface area contributed by atoms with Gasteiger partial charge in [-0.25, -0.2) is 0 Å². The minimum absolute atomic E-state index is 0.280. The Bertz CT molecular complexity index is 433. The summed E-state index contributed by atoms with van der Waals surface area (Å²) in [7, 11) is 0. The van der Waals surface area contributed by atoms with Crippen LogP contribution in [0.4, 0.5) is 5.69 Å². The lowest BCUT2D eigenvalue weighted by Gasteiger charge is -2.28. The van der Waals surface area contributed by atoms with Gasteiger partial charge in [0.25, 0.3) is 0 Å². The Labute approximate surface area is 110 Å². The van der Waals surface area contributed by atoms with Gasteiger partial charge in [-0.3, -0.25) is 4.79 Å². The van der Waals surface area contributed by atoms with Crippen LogP contribution in [0.1, 0.15) is 50.7 Å². The standard InChI is InChI=1S/C16H23NO/c1-4-6-14(7-5-2)17-15-10-12(3)8-9-13(15)11-16(17)18/h8-10,14H,4-7,11H2,1-3H3. The molecule has 1 amide bonds. The van der Waals surface area contributed by atoms with E-state index in [9.17, 15) is 4.79 Å². The number of nitrogens with zero attached hydrogens (tertiary/aromatic N) is 1. The van der Waals surface area contributed by atoms with Crippen LogP contribution in [0.25, 0.3) is 0 Å². The topological polar surface area (TPSA) is 20.3 Å². The van der Waals surface area contributed by atoms with Crippen molar-refractivity contribution in [3.8, 4) is 0 Å². The Kier molecular flexibility index (Phi) is 4.05. The fraction of sp³-hybridized carbons (Fsp3) is 0.562. The number of anilines is 1. The predicted molar refractivity (Wildman–Crippen MR) is 76.0 cm³/mol. The molecule has 0 bridgehead atoms. The largest absolute Gasteiger partial charge is 0.309 e. The van der Waals surface area contributed by atoms with Crippen molar-refractivity contribution in [2.75, 3.05) is 4.90 Å². The Morgan fingerprint density at radius 1 is 1.22 bits per heavy atom. The van der Waals surface area contributed by atoms with Gasteiger partial charge >= 0.3 is 0 Å². The molecule has 0 spiro atoms. The summed E-state index contributed by atoms with van der Waals surface area (Å²) in [6.07, 6.45) is 5.06. The normalized spacial score (nSPS) is 14.4. The maximum atomic E-state index is 12.3. The van der Waals surface area contributed by atoms with E-state index in [-0.39, 0.29) is 5.91 Å². The number of carbonyl (C=O) groups is 1. The lowest BCUT2D eigenvalue weighted by molar-refractivity contribution is -0.117. The Balaban J connectivity index is 2.32. The van der Waals surface area contributed by atoms with E-state index in [0.717, 1.165) is 31.4 Å². The summed E-state index contributed by atoms with van der Waals surface area (Å²) in [6, 6.07) is 6.76. The first-order valence-corrected chi connectivity index (χ1v) is 7.09. The summed E-state index contributed by atoms with van der Waals surface area (Å²) in [5.41, 5.74) is 3.59. The van der Waals surface area contributed by atoms with Crippen LogP contribution < -0.4 is 4.90 Å². The molecule has 0 atom stereocenters. The predicted octanol–water partition coefficient (Wildman–Crippen LogP) is 3.85. The van der Waals surface area contributed by atoms with Crippen LogP contribution in [0, 0.1) is 6.92 Å². The molecule has 1 heterocycles. The number of rotatable bonds is 5. The zero-order valence-electron chi connectivity index (χ0n) is 11.7. The monoisotopic (exact) mass is 245 g/mol. The number of carbonyl (C=O) groups excluding carboxylic acids is 1. The van der Waals surface area contributed by atoms with Gasteiger partial charge in [-0.2, -0.15) is 0 Å². The van der Waals surface area contributed by atoms with Gasteiger partial charge < -0.3 is 4.90 Å². The molecule has 1 aromatic carbocycles. The summed E-state index contributed by atoms with van der Waals surface area (Å²) >= 11 is 0. The molecule has 1 aliphatic heterocycles. The minimum atomic E-state index is 0.280. The third-order valence-corrected chi connectivity index (χ3v) is 3.72. The fourth-order valence-electron chi connectivity index (χ4n) is 2.90. The Morgan fingerprint density at radius 3 is 2.50 bits per heavy atom. The van der Waals surface area contributed by atoms with Crippen molar-refractivity contribution < 1.29 is 4.79 Å². The molecule has 0 fully saturated rings. The van der Waals surface area contributed by atoms with Crippen molar-refractivity contribution in [2.24, 2.45) is 0 Å². The van der Waals surface area contributed by atoms with Crippen molar-refractivity contribution in [1.29, 1.82) is 0 Å². The molecule has 0 radical (unpaired) electrons. The Morgan fingerprint density at radius 2 is 1.89 bits per heavy atom. The lowest BCUT2D eigenvalue weighted by atomic mass is 10.0. The first-order valence-electron chi connectivity index (χ1n) is 7.09. The van der Waals surface area contributed by atoms with E-state index in [1.54, 1.807) is 0 Å². The van der Waals surface area contributed by atoms with Gasteiger partial charge in [-0.05, 0) is 37.0 Å². The maximum Gasteiger partial charge on any atom is 0.231 e. The van der Waals surface area contributed by atoms with Gasteiger partial charge in [0.05, 0.1) is 6.42 Å². The molecular weight excluding hydrogens is 222 g/mol. The van der Waals surface area contributed by atoms with Gasteiger partial charge in [-0.1, -0.05) is 38.8 Å². The van der Waals surface area contributed by atoms with Crippen molar-refractivity contribution in [3.05, 3.63) is 29.3 Å². The molecule has 2 rings (SSSR count). The first-order chi connectivity index (χ1) is 8.67. The molecule has 98 valence electrons. The van der Waals surface area contributed by atoms with E-state index in [1.807, 2.05) is 0 Å². The van der Waals surface area contributed by atoms with Gasteiger partial charge in [0.2, 0.25) is 5.91 Å². The van der Waals surface area contributed by atoms with E-state index >= 15 is 0 Å². The van der Waals surface area contributed by atoms with Crippen molar-refractivity contribution in [3.63, 3.8) is 0 Å². The highest BCUT2D eigenvalue weighted by Gasteiger charge is 2.31. The molecule has 1 aliphatic rings. The van der Waals surface area contributed by atoms with Gasteiger partial charge in [0, 0.05) is 11.7 Å². The second-order valence-electron chi connectivity index (χ2n) is 5.30. The first kappa shape index (κ1) is 13.1. The molecule has 2 nitrogen and oxygen atoms in total. The van der Waals surface area contributed by atoms with Crippen LogP contribution in [0.15, 0.2) is 18.2 Å². The highest BCUT2D eigenvalue weighted by atomic mass is 16.2. The highest BCUT2D eigenvalue weighted by Crippen LogP contribution is 2.33. The Hall–Kier alpha value is -1.31. The molecule has 0 aromatic heterocycles. The molecule has 0 saturated carbocycles. The third kappa shape index (κ3) is 2.43. The molecule has 0 unspecified atom stereocenters. The van der Waals surface area contributed by atoms with Crippen LogP contribution in [0.2, 0.25) is 0 Å². The molecule has 1 aromatic rings.